The molecule has 0 N–H and O–H groups in total. The van der Waals surface area contributed by atoms with E-state index in [4.69, 9.17) is 0 Å². The summed E-state index contributed by atoms with van der Waals surface area (Å²) in [6.45, 7) is 6.09. The molecule has 0 aromatic heterocycles. The van der Waals surface area contributed by atoms with Crippen LogP contribution < -0.4 is 0 Å². The molecule has 0 aromatic carbocycles. The fourth-order valence-corrected chi connectivity index (χ4v) is 3.19. The van der Waals surface area contributed by atoms with Gasteiger partial charge >= 0.3 is 0 Å². The van der Waals surface area contributed by atoms with Gasteiger partial charge in [0.05, 0.1) is 0 Å². The average molecular weight is 242 g/mol. The van der Waals surface area contributed by atoms with Gasteiger partial charge in [0, 0.05) is 0 Å². The van der Waals surface area contributed by atoms with Crippen LogP contribution in [0.4, 0.5) is 0 Å². The standard InChI is InChI=1S/C18H26/c1-3-8-17-11-7-12-18(15(17)2)14-13-16-9-5-4-6-10-16/h3,8,13-14,16H,1,4-7,9-12H2,2H3/b14-13+,17-8+. The molecular weight excluding hydrogens is 216 g/mol. The molecule has 2 rings (SSSR count). The first kappa shape index (κ1) is 13.4. The summed E-state index contributed by atoms with van der Waals surface area (Å²) in [5.41, 5.74) is 4.53. The van der Waals surface area contributed by atoms with E-state index in [1.54, 1.807) is 5.57 Å². The lowest BCUT2D eigenvalue weighted by atomic mass is 9.85. The Balaban J connectivity index is 2.06. The summed E-state index contributed by atoms with van der Waals surface area (Å²) in [7, 11) is 0. The van der Waals surface area contributed by atoms with Crippen LogP contribution >= 0.6 is 0 Å². The highest BCUT2D eigenvalue weighted by molar-refractivity contribution is 5.42. The zero-order chi connectivity index (χ0) is 12.8. The van der Waals surface area contributed by atoms with E-state index in [1.807, 2.05) is 6.08 Å². The topological polar surface area (TPSA) is 0 Å². The normalized spacial score (nSPS) is 25.1. The van der Waals surface area contributed by atoms with Gasteiger partial charge in [-0.15, -0.1) is 0 Å². The number of rotatable bonds is 3. The second-order valence-electron chi connectivity index (χ2n) is 5.69. The second kappa shape index (κ2) is 6.78. The molecule has 0 aliphatic heterocycles. The van der Waals surface area contributed by atoms with Crippen molar-refractivity contribution in [1.82, 2.24) is 0 Å². The maximum Gasteiger partial charge on any atom is -0.0230 e. The Hall–Kier alpha value is -1.04. The zero-order valence-corrected chi connectivity index (χ0v) is 11.8. The molecular formula is C18H26. The van der Waals surface area contributed by atoms with Crippen LogP contribution in [0.2, 0.25) is 0 Å². The summed E-state index contributed by atoms with van der Waals surface area (Å²) in [6, 6.07) is 0. The van der Waals surface area contributed by atoms with Crippen molar-refractivity contribution in [3.05, 3.63) is 47.6 Å². The van der Waals surface area contributed by atoms with E-state index >= 15 is 0 Å². The minimum atomic E-state index is 0.841. The Morgan fingerprint density at radius 1 is 1.06 bits per heavy atom. The van der Waals surface area contributed by atoms with Crippen LogP contribution in [-0.2, 0) is 0 Å². The minimum absolute atomic E-state index is 0.841. The molecule has 1 saturated carbocycles. The third-order valence-corrected chi connectivity index (χ3v) is 4.39. The highest BCUT2D eigenvalue weighted by atomic mass is 14.2. The van der Waals surface area contributed by atoms with Crippen molar-refractivity contribution >= 4 is 0 Å². The van der Waals surface area contributed by atoms with Crippen molar-refractivity contribution in [3.63, 3.8) is 0 Å². The Morgan fingerprint density at radius 2 is 1.83 bits per heavy atom. The fourth-order valence-electron chi connectivity index (χ4n) is 3.19. The van der Waals surface area contributed by atoms with Gasteiger partial charge in [-0.2, -0.15) is 0 Å². The van der Waals surface area contributed by atoms with Gasteiger partial charge in [0.1, 0.15) is 0 Å². The van der Waals surface area contributed by atoms with E-state index in [9.17, 15) is 0 Å². The van der Waals surface area contributed by atoms with Gasteiger partial charge in [-0.1, -0.05) is 50.1 Å². The summed E-state index contributed by atoms with van der Waals surface area (Å²) in [6.07, 6.45) is 19.9. The molecule has 0 saturated heterocycles. The molecule has 2 aliphatic rings. The minimum Gasteiger partial charge on any atom is -0.0991 e. The molecule has 0 aromatic rings. The van der Waals surface area contributed by atoms with E-state index < -0.39 is 0 Å². The van der Waals surface area contributed by atoms with Crippen molar-refractivity contribution in [2.24, 2.45) is 5.92 Å². The van der Waals surface area contributed by atoms with Gasteiger partial charge in [0.2, 0.25) is 0 Å². The molecule has 0 amide bonds. The molecule has 2 aliphatic carbocycles. The van der Waals surface area contributed by atoms with Crippen molar-refractivity contribution in [2.45, 2.75) is 58.3 Å². The third kappa shape index (κ3) is 3.48. The molecule has 0 unspecified atom stereocenters. The Labute approximate surface area is 112 Å². The van der Waals surface area contributed by atoms with Crippen LogP contribution in [0, 0.1) is 5.92 Å². The maximum absolute atomic E-state index is 3.82. The van der Waals surface area contributed by atoms with Crippen LogP contribution in [0.5, 0.6) is 0 Å². The molecule has 1 fully saturated rings. The Kier molecular flexibility index (Phi) is 5.04. The van der Waals surface area contributed by atoms with Crippen molar-refractivity contribution in [2.75, 3.05) is 0 Å². The smallest absolute Gasteiger partial charge is 0.0230 e. The largest absolute Gasteiger partial charge is 0.0991 e. The fraction of sp³-hybridized carbons (Fsp3) is 0.556. The average Bonchev–Trinajstić information content (AvgIpc) is 2.41. The van der Waals surface area contributed by atoms with E-state index in [0.29, 0.717) is 0 Å². The molecule has 0 radical (unpaired) electrons. The van der Waals surface area contributed by atoms with E-state index in [-0.39, 0.29) is 0 Å². The number of hydrogen-bond donors (Lipinski definition) is 0. The van der Waals surface area contributed by atoms with Gasteiger partial charge in [-0.25, -0.2) is 0 Å². The van der Waals surface area contributed by atoms with Crippen LogP contribution in [0.3, 0.4) is 0 Å². The molecule has 0 nitrogen and oxygen atoms in total. The van der Waals surface area contributed by atoms with E-state index in [0.717, 1.165) is 5.92 Å². The third-order valence-electron chi connectivity index (χ3n) is 4.39. The first-order chi connectivity index (χ1) is 8.81. The number of hydrogen-bond acceptors (Lipinski definition) is 0. The quantitative estimate of drug-likeness (QED) is 0.592. The number of allylic oxidation sites excluding steroid dienone is 7. The lowest BCUT2D eigenvalue weighted by Crippen LogP contribution is -2.04. The van der Waals surface area contributed by atoms with Gasteiger partial charge in [-0.3, -0.25) is 0 Å². The van der Waals surface area contributed by atoms with Gasteiger partial charge in [-0.05, 0) is 61.7 Å². The Bertz CT molecular complexity index is 373. The summed E-state index contributed by atoms with van der Waals surface area (Å²) < 4.78 is 0. The second-order valence-corrected chi connectivity index (χ2v) is 5.69. The molecule has 18 heavy (non-hydrogen) atoms. The van der Waals surface area contributed by atoms with Crippen LogP contribution in [0.25, 0.3) is 0 Å². The first-order valence-corrected chi connectivity index (χ1v) is 7.51. The lowest BCUT2D eigenvalue weighted by Gasteiger charge is -2.21. The molecule has 0 heteroatoms. The highest BCUT2D eigenvalue weighted by Crippen LogP contribution is 2.31. The molecule has 0 heterocycles. The summed E-state index contributed by atoms with van der Waals surface area (Å²) in [4.78, 5) is 0. The van der Waals surface area contributed by atoms with Gasteiger partial charge in [0.15, 0.2) is 0 Å². The summed E-state index contributed by atoms with van der Waals surface area (Å²) in [5, 5.41) is 0. The van der Waals surface area contributed by atoms with Crippen molar-refractivity contribution in [1.29, 1.82) is 0 Å². The molecule has 0 spiro atoms. The summed E-state index contributed by atoms with van der Waals surface area (Å²) in [5.74, 6) is 0.841. The van der Waals surface area contributed by atoms with Gasteiger partial charge < -0.3 is 0 Å². The molecule has 0 atom stereocenters. The van der Waals surface area contributed by atoms with Crippen LogP contribution in [0.15, 0.2) is 47.6 Å². The van der Waals surface area contributed by atoms with Crippen LogP contribution in [0.1, 0.15) is 58.3 Å². The van der Waals surface area contributed by atoms with E-state index in [1.165, 1.54) is 62.5 Å². The lowest BCUT2D eigenvalue weighted by molar-refractivity contribution is 0.419. The Morgan fingerprint density at radius 3 is 2.56 bits per heavy atom. The van der Waals surface area contributed by atoms with Crippen molar-refractivity contribution in [3.8, 4) is 0 Å². The van der Waals surface area contributed by atoms with E-state index in [2.05, 4.69) is 31.7 Å². The summed E-state index contributed by atoms with van der Waals surface area (Å²) >= 11 is 0. The maximum atomic E-state index is 3.82. The van der Waals surface area contributed by atoms with Crippen LogP contribution in [-0.4, -0.2) is 0 Å². The van der Waals surface area contributed by atoms with Crippen molar-refractivity contribution < 1.29 is 0 Å². The SMILES string of the molecule is C=C/C=C1\CCCC(/C=C/C2CCCCC2)=C1C. The van der Waals surface area contributed by atoms with Gasteiger partial charge in [0.25, 0.3) is 0 Å². The molecule has 98 valence electrons. The predicted molar refractivity (Wildman–Crippen MR) is 80.5 cm³/mol. The first-order valence-electron chi connectivity index (χ1n) is 7.51. The zero-order valence-electron chi connectivity index (χ0n) is 11.8. The predicted octanol–water partition coefficient (Wildman–Crippen LogP) is 5.74. The monoisotopic (exact) mass is 242 g/mol. The molecule has 0 bridgehead atoms. The highest BCUT2D eigenvalue weighted by Gasteiger charge is 2.13.